The van der Waals surface area contributed by atoms with Gasteiger partial charge in [-0.05, 0) is 43.7 Å². The van der Waals surface area contributed by atoms with Gasteiger partial charge in [0.2, 0.25) is 5.91 Å². The number of para-hydroxylation sites is 1. The quantitative estimate of drug-likeness (QED) is 0.916. The maximum Gasteiger partial charge on any atom is 0.223 e. The van der Waals surface area contributed by atoms with Crippen LogP contribution in [0.5, 0.6) is 5.75 Å². The minimum Gasteiger partial charge on any atom is -0.486 e. The van der Waals surface area contributed by atoms with E-state index in [2.05, 4.69) is 5.32 Å². The van der Waals surface area contributed by atoms with E-state index in [0.717, 1.165) is 32.3 Å². The van der Waals surface area contributed by atoms with Crippen LogP contribution in [0.4, 0.5) is 0 Å². The summed E-state index contributed by atoms with van der Waals surface area (Å²) in [4.78, 5) is 25.2. The summed E-state index contributed by atoms with van der Waals surface area (Å²) < 4.78 is 11.9. The summed E-state index contributed by atoms with van der Waals surface area (Å²) in [5, 5.41) is 3.06. The fraction of sp³-hybridized carbons (Fsp3) is 0.600. The number of carbonyl (C=O) groups excluding carboxylic acids is 2. The molecule has 5 nitrogen and oxygen atoms in total. The van der Waals surface area contributed by atoms with E-state index in [4.69, 9.17) is 9.47 Å². The molecule has 4 aliphatic rings. The van der Waals surface area contributed by atoms with Crippen LogP contribution in [0.3, 0.4) is 0 Å². The second-order valence-electron chi connectivity index (χ2n) is 7.90. The number of nitrogens with one attached hydrogen (secondary N) is 1. The van der Waals surface area contributed by atoms with Crippen molar-refractivity contribution >= 4 is 11.7 Å². The molecule has 0 radical (unpaired) electrons. The van der Waals surface area contributed by atoms with E-state index in [9.17, 15) is 9.59 Å². The molecule has 0 aromatic heterocycles. The number of amides is 1. The van der Waals surface area contributed by atoms with Gasteiger partial charge in [-0.15, -0.1) is 0 Å². The summed E-state index contributed by atoms with van der Waals surface area (Å²) in [6.45, 7) is 1.40. The fourth-order valence-corrected chi connectivity index (χ4v) is 5.26. The van der Waals surface area contributed by atoms with Crippen LogP contribution in [-0.2, 0) is 9.53 Å². The highest BCUT2D eigenvalue weighted by atomic mass is 16.5. The molecule has 5 atom stereocenters. The number of hydrogen-bond donors (Lipinski definition) is 1. The lowest BCUT2D eigenvalue weighted by Gasteiger charge is -2.37. The minimum absolute atomic E-state index is 0.00628. The third kappa shape index (κ3) is 2.40. The molecule has 2 heterocycles. The van der Waals surface area contributed by atoms with Gasteiger partial charge in [0.15, 0.2) is 5.78 Å². The lowest BCUT2D eigenvalue weighted by Crippen LogP contribution is -2.44. The lowest BCUT2D eigenvalue weighted by atomic mass is 9.84. The maximum absolute atomic E-state index is 12.6. The Labute approximate surface area is 147 Å². The van der Waals surface area contributed by atoms with E-state index in [-0.39, 0.29) is 29.6 Å². The summed E-state index contributed by atoms with van der Waals surface area (Å²) in [5.74, 6) is 1.47. The first kappa shape index (κ1) is 15.4. The molecular weight excluding hydrogens is 318 g/mol. The van der Waals surface area contributed by atoms with Crippen LogP contribution in [0, 0.1) is 17.8 Å². The number of benzene rings is 1. The van der Waals surface area contributed by atoms with Crippen molar-refractivity contribution in [2.24, 2.45) is 17.8 Å². The normalized spacial score (nSPS) is 38.2. The van der Waals surface area contributed by atoms with Crippen molar-refractivity contribution < 1.29 is 19.1 Å². The standard InChI is InChI=1S/C20H23NO4/c22-15-10-20(25-16-6-2-1-5-13(15)16)8-7-14-17(18(14)20)19(23)21-11-12-4-3-9-24-12/h1-2,5-6,12,14,17-18H,3-4,7-11H2,(H,21,23)/t12-,14-,17+,18+,20+/m1/s1. The zero-order valence-corrected chi connectivity index (χ0v) is 14.2. The molecule has 2 aliphatic heterocycles. The number of Topliss-reactive ketones (excluding diaryl/α,β-unsaturated/α-hetero) is 1. The largest absolute Gasteiger partial charge is 0.486 e. The number of hydrogen-bond acceptors (Lipinski definition) is 4. The summed E-state index contributed by atoms with van der Waals surface area (Å²) in [7, 11) is 0. The zero-order chi connectivity index (χ0) is 17.0. The van der Waals surface area contributed by atoms with Crippen LogP contribution in [-0.4, -0.2) is 36.5 Å². The Morgan fingerprint density at radius 3 is 3.00 bits per heavy atom. The van der Waals surface area contributed by atoms with E-state index < -0.39 is 5.60 Å². The van der Waals surface area contributed by atoms with Gasteiger partial charge in [0.05, 0.1) is 18.1 Å². The van der Waals surface area contributed by atoms with Gasteiger partial charge in [-0.1, -0.05) is 12.1 Å². The molecule has 25 heavy (non-hydrogen) atoms. The highest BCUT2D eigenvalue weighted by Crippen LogP contribution is 2.65. The predicted molar refractivity (Wildman–Crippen MR) is 90.4 cm³/mol. The molecule has 3 fully saturated rings. The third-order valence-electron chi connectivity index (χ3n) is 6.47. The summed E-state index contributed by atoms with van der Waals surface area (Å²) >= 11 is 0. The number of ether oxygens (including phenoxy) is 2. The highest BCUT2D eigenvalue weighted by molar-refractivity contribution is 6.00. The SMILES string of the molecule is O=C1C[C@]2(CC[C@@H]3[C@H](C(=O)NC[C@H]4CCCO4)[C@H]32)Oc2ccccc21. The molecule has 0 bridgehead atoms. The van der Waals surface area contributed by atoms with Crippen molar-refractivity contribution in [1.29, 1.82) is 0 Å². The van der Waals surface area contributed by atoms with Crippen molar-refractivity contribution in [3.05, 3.63) is 29.8 Å². The number of ketones is 1. The zero-order valence-electron chi connectivity index (χ0n) is 14.2. The highest BCUT2D eigenvalue weighted by Gasteiger charge is 2.70. The Morgan fingerprint density at radius 2 is 2.16 bits per heavy atom. The van der Waals surface area contributed by atoms with Crippen LogP contribution in [0.25, 0.3) is 0 Å². The van der Waals surface area contributed by atoms with Gasteiger partial charge in [0, 0.05) is 25.0 Å². The van der Waals surface area contributed by atoms with Gasteiger partial charge in [-0.2, -0.15) is 0 Å². The minimum atomic E-state index is -0.470. The van der Waals surface area contributed by atoms with Crippen molar-refractivity contribution in [2.45, 2.75) is 43.8 Å². The second kappa shape index (κ2) is 5.56. The van der Waals surface area contributed by atoms with Crippen molar-refractivity contribution in [1.82, 2.24) is 5.32 Å². The molecule has 5 rings (SSSR count). The first-order valence-electron chi connectivity index (χ1n) is 9.38. The van der Waals surface area contributed by atoms with Crippen molar-refractivity contribution in [3.8, 4) is 5.75 Å². The lowest BCUT2D eigenvalue weighted by molar-refractivity contribution is -0.124. The Morgan fingerprint density at radius 1 is 1.28 bits per heavy atom. The maximum atomic E-state index is 12.6. The Balaban J connectivity index is 1.29. The molecule has 5 heteroatoms. The van der Waals surface area contributed by atoms with E-state index in [1.807, 2.05) is 24.3 Å². The van der Waals surface area contributed by atoms with Crippen LogP contribution in [0.15, 0.2) is 24.3 Å². The molecule has 1 amide bonds. The van der Waals surface area contributed by atoms with E-state index in [1.54, 1.807) is 0 Å². The molecule has 1 saturated heterocycles. The average molecular weight is 341 g/mol. The molecule has 1 aromatic rings. The third-order valence-corrected chi connectivity index (χ3v) is 6.47. The second-order valence-corrected chi connectivity index (χ2v) is 7.90. The fourth-order valence-electron chi connectivity index (χ4n) is 5.26. The predicted octanol–water partition coefficient (Wildman–Crippen LogP) is 2.34. The molecule has 1 aromatic carbocycles. The number of carbonyl (C=O) groups is 2. The number of fused-ring (bicyclic) bond motifs is 3. The average Bonchev–Trinajstić information content (AvgIpc) is 2.94. The van der Waals surface area contributed by atoms with Gasteiger partial charge in [0.1, 0.15) is 11.4 Å². The van der Waals surface area contributed by atoms with Gasteiger partial charge in [0.25, 0.3) is 0 Å². The first-order valence-corrected chi connectivity index (χ1v) is 9.38. The number of rotatable bonds is 3. The van der Waals surface area contributed by atoms with E-state index >= 15 is 0 Å². The van der Waals surface area contributed by atoms with Crippen LogP contribution >= 0.6 is 0 Å². The Bertz CT molecular complexity index is 726. The van der Waals surface area contributed by atoms with Gasteiger partial charge >= 0.3 is 0 Å². The van der Waals surface area contributed by atoms with E-state index in [0.29, 0.717) is 30.2 Å². The van der Waals surface area contributed by atoms with Crippen LogP contribution in [0.1, 0.15) is 42.5 Å². The van der Waals surface area contributed by atoms with E-state index in [1.165, 1.54) is 0 Å². The Kier molecular flexibility index (Phi) is 3.42. The summed E-state index contributed by atoms with van der Waals surface area (Å²) in [5.41, 5.74) is 0.207. The monoisotopic (exact) mass is 341 g/mol. The van der Waals surface area contributed by atoms with Gasteiger partial charge in [-0.25, -0.2) is 0 Å². The molecule has 1 N–H and O–H groups in total. The molecule has 2 aliphatic carbocycles. The molecule has 2 saturated carbocycles. The molecule has 0 unspecified atom stereocenters. The smallest absolute Gasteiger partial charge is 0.223 e. The summed E-state index contributed by atoms with van der Waals surface area (Å²) in [6, 6.07) is 7.47. The van der Waals surface area contributed by atoms with Crippen molar-refractivity contribution in [2.75, 3.05) is 13.2 Å². The van der Waals surface area contributed by atoms with Gasteiger partial charge in [-0.3, -0.25) is 9.59 Å². The molecular formula is C20H23NO4. The Hall–Kier alpha value is -1.88. The van der Waals surface area contributed by atoms with Crippen LogP contribution < -0.4 is 10.1 Å². The first-order chi connectivity index (χ1) is 12.2. The van der Waals surface area contributed by atoms with Gasteiger partial charge < -0.3 is 14.8 Å². The van der Waals surface area contributed by atoms with Crippen molar-refractivity contribution in [3.63, 3.8) is 0 Å². The van der Waals surface area contributed by atoms with Crippen LogP contribution in [0.2, 0.25) is 0 Å². The molecule has 1 spiro atoms. The summed E-state index contributed by atoms with van der Waals surface area (Å²) in [6.07, 6.45) is 4.51. The molecule has 132 valence electrons. The topological polar surface area (TPSA) is 64.6 Å².